The molecule has 92 valence electrons. The quantitative estimate of drug-likeness (QED) is 0.875. The Hall–Kier alpha value is -2.07. The third kappa shape index (κ3) is 2.60. The van der Waals surface area contributed by atoms with Crippen molar-refractivity contribution in [2.24, 2.45) is 0 Å². The van der Waals surface area contributed by atoms with E-state index < -0.39 is 5.91 Å². The van der Waals surface area contributed by atoms with Crippen LogP contribution in [0.25, 0.3) is 0 Å². The maximum atomic E-state index is 12.0. The first-order valence-electron chi connectivity index (χ1n) is 5.29. The smallest absolute Gasteiger partial charge is 0.260 e. The molecular weight excluding hydrogens is 252 g/mol. The van der Waals surface area contributed by atoms with Gasteiger partial charge in [-0.3, -0.25) is 4.79 Å². The first-order valence-corrected chi connectivity index (χ1v) is 5.67. The number of phenols is 1. The van der Waals surface area contributed by atoms with Gasteiger partial charge in [-0.25, -0.2) is 4.98 Å². The molecule has 4 nitrogen and oxygen atoms in total. The van der Waals surface area contributed by atoms with Gasteiger partial charge < -0.3 is 10.4 Å². The van der Waals surface area contributed by atoms with Crippen LogP contribution in [0.15, 0.2) is 36.5 Å². The number of phenolic OH excluding ortho intramolecular Hbond substituents is 1. The molecule has 0 saturated carbocycles. The Labute approximate surface area is 109 Å². The summed E-state index contributed by atoms with van der Waals surface area (Å²) in [4.78, 5) is 16.0. The molecule has 0 spiro atoms. The van der Waals surface area contributed by atoms with Gasteiger partial charge in [0.05, 0.1) is 5.56 Å². The molecule has 0 aliphatic heterocycles. The van der Waals surface area contributed by atoms with Crippen molar-refractivity contribution in [3.63, 3.8) is 0 Å². The van der Waals surface area contributed by atoms with Crippen molar-refractivity contribution in [2.75, 3.05) is 5.32 Å². The number of benzene rings is 1. The number of hydrogen-bond acceptors (Lipinski definition) is 3. The first kappa shape index (κ1) is 12.4. The van der Waals surface area contributed by atoms with E-state index in [2.05, 4.69) is 10.3 Å². The van der Waals surface area contributed by atoms with Gasteiger partial charge >= 0.3 is 0 Å². The predicted octanol–water partition coefficient (Wildman–Crippen LogP) is 3.00. The van der Waals surface area contributed by atoms with Crippen molar-refractivity contribution in [1.82, 2.24) is 4.98 Å². The Bertz CT molecular complexity index is 599. The zero-order valence-electron chi connectivity index (χ0n) is 9.64. The molecule has 1 aromatic heterocycles. The average molecular weight is 263 g/mol. The van der Waals surface area contributed by atoms with Crippen LogP contribution in [0.4, 0.5) is 5.82 Å². The predicted molar refractivity (Wildman–Crippen MR) is 70.0 cm³/mol. The van der Waals surface area contributed by atoms with Gasteiger partial charge in [0, 0.05) is 11.2 Å². The van der Waals surface area contributed by atoms with E-state index in [4.69, 9.17) is 11.6 Å². The number of nitrogens with zero attached hydrogens (tertiary/aromatic N) is 1. The van der Waals surface area contributed by atoms with E-state index in [0.29, 0.717) is 10.8 Å². The van der Waals surface area contributed by atoms with Crippen molar-refractivity contribution in [1.29, 1.82) is 0 Å². The number of rotatable bonds is 2. The molecule has 1 heterocycles. The molecule has 2 aromatic rings. The van der Waals surface area contributed by atoms with Crippen LogP contribution in [0.2, 0.25) is 5.02 Å². The molecule has 1 aromatic carbocycles. The highest BCUT2D eigenvalue weighted by Crippen LogP contribution is 2.22. The summed E-state index contributed by atoms with van der Waals surface area (Å²) in [5, 5.41) is 12.6. The van der Waals surface area contributed by atoms with Gasteiger partial charge in [-0.1, -0.05) is 17.7 Å². The van der Waals surface area contributed by atoms with E-state index in [-0.39, 0.29) is 11.3 Å². The molecule has 0 fully saturated rings. The van der Waals surface area contributed by atoms with E-state index in [9.17, 15) is 9.90 Å². The SMILES string of the molecule is Cc1cccnc1NC(=O)c1cc(Cl)ccc1O. The summed E-state index contributed by atoms with van der Waals surface area (Å²) >= 11 is 5.79. The number of carbonyl (C=O) groups is 1. The molecule has 0 atom stereocenters. The number of pyridine rings is 1. The minimum absolute atomic E-state index is 0.118. The number of carbonyl (C=O) groups excluding carboxylic acids is 1. The fourth-order valence-corrected chi connectivity index (χ4v) is 1.65. The molecule has 18 heavy (non-hydrogen) atoms. The molecule has 0 aliphatic carbocycles. The zero-order valence-corrected chi connectivity index (χ0v) is 10.4. The average Bonchev–Trinajstić information content (AvgIpc) is 2.35. The number of nitrogens with one attached hydrogen (secondary N) is 1. The molecule has 2 rings (SSSR count). The molecular formula is C13H11ClN2O2. The molecule has 0 saturated heterocycles. The molecule has 5 heteroatoms. The molecule has 0 radical (unpaired) electrons. The summed E-state index contributed by atoms with van der Waals surface area (Å²) in [5.74, 6) is -0.107. The lowest BCUT2D eigenvalue weighted by atomic mass is 10.2. The number of aromatic hydroxyl groups is 1. The van der Waals surface area contributed by atoms with E-state index in [1.54, 1.807) is 12.3 Å². The minimum Gasteiger partial charge on any atom is -0.507 e. The van der Waals surface area contributed by atoms with Crippen LogP contribution in [0.1, 0.15) is 15.9 Å². The summed E-state index contributed by atoms with van der Waals surface area (Å²) in [6.07, 6.45) is 1.58. The van der Waals surface area contributed by atoms with Gasteiger partial charge in [0.25, 0.3) is 5.91 Å². The fraction of sp³-hybridized carbons (Fsp3) is 0.0769. The third-order valence-corrected chi connectivity index (χ3v) is 2.68. The standard InChI is InChI=1S/C13H11ClN2O2/c1-8-3-2-6-15-12(8)16-13(18)10-7-9(14)4-5-11(10)17/h2-7,17H,1H3,(H,15,16,18). The maximum Gasteiger partial charge on any atom is 0.260 e. The minimum atomic E-state index is -0.447. The summed E-state index contributed by atoms with van der Waals surface area (Å²) in [7, 11) is 0. The van der Waals surface area contributed by atoms with Gasteiger partial charge in [-0.2, -0.15) is 0 Å². The largest absolute Gasteiger partial charge is 0.507 e. The van der Waals surface area contributed by atoms with Gasteiger partial charge in [0.1, 0.15) is 11.6 Å². The number of halogens is 1. The number of aryl methyl sites for hydroxylation is 1. The van der Waals surface area contributed by atoms with Crippen molar-refractivity contribution >= 4 is 23.3 Å². The second-order valence-corrected chi connectivity index (χ2v) is 4.22. The lowest BCUT2D eigenvalue weighted by Crippen LogP contribution is -2.14. The molecule has 1 amide bonds. The zero-order chi connectivity index (χ0) is 13.1. The van der Waals surface area contributed by atoms with Gasteiger partial charge in [-0.05, 0) is 36.8 Å². The summed E-state index contributed by atoms with van der Waals surface area (Å²) in [5.41, 5.74) is 0.958. The third-order valence-electron chi connectivity index (χ3n) is 2.44. The topological polar surface area (TPSA) is 62.2 Å². The Balaban J connectivity index is 2.28. The fourth-order valence-electron chi connectivity index (χ4n) is 1.48. The summed E-state index contributed by atoms with van der Waals surface area (Å²) in [6, 6.07) is 7.91. The monoisotopic (exact) mass is 262 g/mol. The van der Waals surface area contributed by atoms with Crippen LogP contribution < -0.4 is 5.32 Å². The number of amides is 1. The van der Waals surface area contributed by atoms with Gasteiger partial charge in [0.15, 0.2) is 0 Å². The summed E-state index contributed by atoms with van der Waals surface area (Å²) < 4.78 is 0. The van der Waals surface area contributed by atoms with Crippen LogP contribution in [-0.4, -0.2) is 16.0 Å². The van der Waals surface area contributed by atoms with Crippen LogP contribution >= 0.6 is 11.6 Å². The van der Waals surface area contributed by atoms with Crippen molar-refractivity contribution in [3.8, 4) is 5.75 Å². The lowest BCUT2D eigenvalue weighted by molar-refractivity contribution is 0.102. The van der Waals surface area contributed by atoms with E-state index in [0.717, 1.165) is 5.56 Å². The van der Waals surface area contributed by atoms with Gasteiger partial charge in [0.2, 0.25) is 0 Å². The Morgan fingerprint density at radius 1 is 1.39 bits per heavy atom. The number of aromatic nitrogens is 1. The second kappa shape index (κ2) is 5.06. The van der Waals surface area contributed by atoms with Crippen LogP contribution in [0.3, 0.4) is 0 Å². The molecule has 0 aliphatic rings. The van der Waals surface area contributed by atoms with Gasteiger partial charge in [-0.15, -0.1) is 0 Å². The van der Waals surface area contributed by atoms with E-state index in [1.165, 1.54) is 18.2 Å². The van der Waals surface area contributed by atoms with E-state index in [1.807, 2.05) is 13.0 Å². The highest BCUT2D eigenvalue weighted by Gasteiger charge is 2.13. The van der Waals surface area contributed by atoms with Crippen LogP contribution in [0.5, 0.6) is 5.75 Å². The van der Waals surface area contributed by atoms with Crippen molar-refractivity contribution in [2.45, 2.75) is 6.92 Å². The Morgan fingerprint density at radius 2 is 2.17 bits per heavy atom. The second-order valence-electron chi connectivity index (χ2n) is 3.78. The highest BCUT2D eigenvalue weighted by molar-refractivity contribution is 6.31. The van der Waals surface area contributed by atoms with E-state index >= 15 is 0 Å². The molecule has 2 N–H and O–H groups in total. The molecule has 0 bridgehead atoms. The Morgan fingerprint density at radius 3 is 2.89 bits per heavy atom. The number of hydrogen-bond donors (Lipinski definition) is 2. The highest BCUT2D eigenvalue weighted by atomic mass is 35.5. The maximum absolute atomic E-state index is 12.0. The summed E-state index contributed by atoms with van der Waals surface area (Å²) in [6.45, 7) is 1.83. The first-order chi connectivity index (χ1) is 8.58. The lowest BCUT2D eigenvalue weighted by Gasteiger charge is -2.08. The van der Waals surface area contributed by atoms with Crippen LogP contribution in [-0.2, 0) is 0 Å². The van der Waals surface area contributed by atoms with Crippen LogP contribution in [0, 0.1) is 6.92 Å². The molecule has 0 unspecified atom stereocenters. The number of anilines is 1. The van der Waals surface area contributed by atoms with Crippen molar-refractivity contribution in [3.05, 3.63) is 52.7 Å². The Kier molecular flexibility index (Phi) is 3.48. The van der Waals surface area contributed by atoms with Crippen molar-refractivity contribution < 1.29 is 9.90 Å². The normalized spacial score (nSPS) is 10.1.